The van der Waals surface area contributed by atoms with Crippen molar-refractivity contribution in [2.24, 2.45) is 23.5 Å². The molecule has 2 bridgehead atoms. The highest BCUT2D eigenvalue weighted by atomic mass is 19.1. The molecule has 1 aromatic carbocycles. The van der Waals surface area contributed by atoms with Crippen molar-refractivity contribution in [1.82, 2.24) is 0 Å². The highest BCUT2D eigenvalue weighted by molar-refractivity contribution is 5.95. The summed E-state index contributed by atoms with van der Waals surface area (Å²) in [5, 5.41) is 0. The van der Waals surface area contributed by atoms with Gasteiger partial charge >= 0.3 is 0 Å². The second-order valence-corrected chi connectivity index (χ2v) is 5.81. The van der Waals surface area contributed by atoms with Crippen LogP contribution in [-0.4, -0.2) is 19.0 Å². The standard InChI is InChI=1S/C15H19FN2O/c1-18(12-4-2-3-11(16)8-12)15(19)13-9-5-6-10(7-9)14(13)17/h2-4,8-10,13-14H,5-7,17H2,1H3. The van der Waals surface area contributed by atoms with Crippen LogP contribution < -0.4 is 10.6 Å². The first kappa shape index (κ1) is 12.6. The van der Waals surface area contributed by atoms with Crippen LogP contribution in [0.2, 0.25) is 0 Å². The fourth-order valence-electron chi connectivity index (χ4n) is 3.74. The van der Waals surface area contributed by atoms with Gasteiger partial charge in [0.2, 0.25) is 5.91 Å². The summed E-state index contributed by atoms with van der Waals surface area (Å²) in [4.78, 5) is 14.1. The summed E-state index contributed by atoms with van der Waals surface area (Å²) >= 11 is 0. The van der Waals surface area contributed by atoms with Gasteiger partial charge in [-0.15, -0.1) is 0 Å². The van der Waals surface area contributed by atoms with Gasteiger partial charge in [-0.2, -0.15) is 0 Å². The monoisotopic (exact) mass is 262 g/mol. The van der Waals surface area contributed by atoms with Crippen LogP contribution in [-0.2, 0) is 4.79 Å². The summed E-state index contributed by atoms with van der Waals surface area (Å²) in [5.41, 5.74) is 6.79. The van der Waals surface area contributed by atoms with Gasteiger partial charge in [-0.25, -0.2) is 4.39 Å². The molecular weight excluding hydrogens is 243 g/mol. The van der Waals surface area contributed by atoms with Crippen molar-refractivity contribution in [2.75, 3.05) is 11.9 Å². The molecule has 2 N–H and O–H groups in total. The molecule has 2 saturated carbocycles. The Bertz CT molecular complexity index is 503. The number of nitrogens with two attached hydrogens (primary N) is 1. The fraction of sp³-hybridized carbons (Fsp3) is 0.533. The molecule has 0 radical (unpaired) electrons. The van der Waals surface area contributed by atoms with E-state index >= 15 is 0 Å². The van der Waals surface area contributed by atoms with E-state index in [1.165, 1.54) is 12.1 Å². The Morgan fingerprint density at radius 1 is 1.37 bits per heavy atom. The molecule has 0 aliphatic heterocycles. The van der Waals surface area contributed by atoms with Crippen molar-refractivity contribution in [2.45, 2.75) is 25.3 Å². The number of carbonyl (C=O) groups is 1. The van der Waals surface area contributed by atoms with E-state index in [-0.39, 0.29) is 23.7 Å². The van der Waals surface area contributed by atoms with Gasteiger partial charge in [0.05, 0.1) is 5.92 Å². The number of anilines is 1. The number of amides is 1. The first-order valence-electron chi connectivity index (χ1n) is 6.86. The van der Waals surface area contributed by atoms with E-state index in [0.29, 0.717) is 17.5 Å². The van der Waals surface area contributed by atoms with Crippen LogP contribution in [0.15, 0.2) is 24.3 Å². The Morgan fingerprint density at radius 3 is 2.74 bits per heavy atom. The van der Waals surface area contributed by atoms with Gasteiger partial charge in [0.1, 0.15) is 5.82 Å². The molecule has 3 rings (SSSR count). The van der Waals surface area contributed by atoms with Crippen molar-refractivity contribution in [3.05, 3.63) is 30.1 Å². The number of benzene rings is 1. The molecule has 1 aromatic rings. The number of hydrogen-bond donors (Lipinski definition) is 1. The van der Waals surface area contributed by atoms with Crippen molar-refractivity contribution in [3.63, 3.8) is 0 Å². The van der Waals surface area contributed by atoms with Crippen LogP contribution in [0.1, 0.15) is 19.3 Å². The molecule has 0 aromatic heterocycles. The van der Waals surface area contributed by atoms with Crippen molar-refractivity contribution in [3.8, 4) is 0 Å². The Balaban J connectivity index is 1.80. The van der Waals surface area contributed by atoms with Crippen molar-refractivity contribution in [1.29, 1.82) is 0 Å². The molecule has 19 heavy (non-hydrogen) atoms. The molecule has 2 aliphatic carbocycles. The lowest BCUT2D eigenvalue weighted by molar-refractivity contribution is -0.124. The number of hydrogen-bond acceptors (Lipinski definition) is 2. The van der Waals surface area contributed by atoms with E-state index in [1.807, 2.05) is 0 Å². The Hall–Kier alpha value is -1.42. The van der Waals surface area contributed by atoms with E-state index in [4.69, 9.17) is 5.73 Å². The Morgan fingerprint density at radius 2 is 2.11 bits per heavy atom. The molecule has 0 heterocycles. The van der Waals surface area contributed by atoms with E-state index in [2.05, 4.69) is 0 Å². The van der Waals surface area contributed by atoms with Crippen LogP contribution in [0.5, 0.6) is 0 Å². The third kappa shape index (κ3) is 2.04. The van der Waals surface area contributed by atoms with Gasteiger partial charge in [-0.3, -0.25) is 4.79 Å². The van der Waals surface area contributed by atoms with Gasteiger partial charge in [-0.05, 0) is 49.3 Å². The number of carbonyl (C=O) groups excluding carboxylic acids is 1. The van der Waals surface area contributed by atoms with E-state index in [1.54, 1.807) is 24.1 Å². The molecule has 1 amide bonds. The SMILES string of the molecule is CN(C(=O)C1C2CCC(C2)C1N)c1cccc(F)c1. The van der Waals surface area contributed by atoms with Crippen molar-refractivity contribution < 1.29 is 9.18 Å². The van der Waals surface area contributed by atoms with Gasteiger partial charge in [-0.1, -0.05) is 6.07 Å². The average Bonchev–Trinajstić information content (AvgIpc) is 2.98. The summed E-state index contributed by atoms with van der Waals surface area (Å²) in [7, 11) is 1.70. The van der Waals surface area contributed by atoms with E-state index in [0.717, 1.165) is 19.3 Å². The van der Waals surface area contributed by atoms with E-state index < -0.39 is 0 Å². The molecule has 2 fully saturated rings. The maximum absolute atomic E-state index is 13.2. The lowest BCUT2D eigenvalue weighted by Gasteiger charge is -2.30. The van der Waals surface area contributed by atoms with Gasteiger partial charge in [0.15, 0.2) is 0 Å². The maximum atomic E-state index is 13.2. The summed E-state index contributed by atoms with van der Waals surface area (Å²) in [6.07, 6.45) is 3.33. The number of rotatable bonds is 2. The summed E-state index contributed by atoms with van der Waals surface area (Å²) in [5.74, 6) is 0.537. The van der Waals surface area contributed by atoms with Gasteiger partial charge in [0, 0.05) is 18.8 Å². The largest absolute Gasteiger partial charge is 0.327 e. The lowest BCUT2D eigenvalue weighted by atomic mass is 9.84. The summed E-state index contributed by atoms with van der Waals surface area (Å²) < 4.78 is 13.2. The highest BCUT2D eigenvalue weighted by Gasteiger charge is 2.49. The minimum absolute atomic E-state index is 0.0257. The minimum atomic E-state index is -0.325. The Labute approximate surface area is 112 Å². The molecule has 0 spiro atoms. The Kier molecular flexibility index (Phi) is 3.05. The molecule has 4 unspecified atom stereocenters. The van der Waals surface area contributed by atoms with Crippen LogP contribution in [0.4, 0.5) is 10.1 Å². The zero-order valence-corrected chi connectivity index (χ0v) is 11.1. The van der Waals surface area contributed by atoms with E-state index in [9.17, 15) is 9.18 Å². The smallest absolute Gasteiger partial charge is 0.231 e. The molecule has 0 saturated heterocycles. The van der Waals surface area contributed by atoms with Crippen LogP contribution in [0.3, 0.4) is 0 Å². The normalized spacial score (nSPS) is 32.6. The lowest BCUT2D eigenvalue weighted by Crippen LogP contribution is -2.46. The number of fused-ring (bicyclic) bond motifs is 2. The van der Waals surface area contributed by atoms with Crippen LogP contribution in [0.25, 0.3) is 0 Å². The average molecular weight is 262 g/mol. The summed E-state index contributed by atoms with van der Waals surface area (Å²) in [6.45, 7) is 0. The third-order valence-corrected chi connectivity index (χ3v) is 4.79. The maximum Gasteiger partial charge on any atom is 0.231 e. The van der Waals surface area contributed by atoms with Crippen molar-refractivity contribution >= 4 is 11.6 Å². The summed E-state index contributed by atoms with van der Waals surface area (Å²) in [6, 6.07) is 6.11. The fourth-order valence-corrected chi connectivity index (χ4v) is 3.74. The molecule has 3 nitrogen and oxygen atoms in total. The topological polar surface area (TPSA) is 46.3 Å². The van der Waals surface area contributed by atoms with Gasteiger partial charge in [0.25, 0.3) is 0 Å². The number of halogens is 1. The molecule has 4 heteroatoms. The van der Waals surface area contributed by atoms with Crippen LogP contribution >= 0.6 is 0 Å². The van der Waals surface area contributed by atoms with Crippen LogP contribution in [0, 0.1) is 23.6 Å². The molecule has 2 aliphatic rings. The predicted molar refractivity (Wildman–Crippen MR) is 72.1 cm³/mol. The zero-order chi connectivity index (χ0) is 13.6. The molecular formula is C15H19FN2O. The predicted octanol–water partition coefficient (Wildman–Crippen LogP) is 2.16. The minimum Gasteiger partial charge on any atom is -0.327 e. The highest BCUT2D eigenvalue weighted by Crippen LogP contribution is 2.48. The second-order valence-electron chi connectivity index (χ2n) is 5.81. The first-order valence-corrected chi connectivity index (χ1v) is 6.86. The zero-order valence-electron chi connectivity index (χ0n) is 11.1. The second kappa shape index (κ2) is 4.60. The molecule has 102 valence electrons. The quantitative estimate of drug-likeness (QED) is 0.887. The first-order chi connectivity index (χ1) is 9.08. The van der Waals surface area contributed by atoms with Gasteiger partial charge < -0.3 is 10.6 Å². The molecule has 4 atom stereocenters. The third-order valence-electron chi connectivity index (χ3n) is 4.79. The number of nitrogens with zero attached hydrogens (tertiary/aromatic N) is 1.